The third-order valence-corrected chi connectivity index (χ3v) is 3.87. The maximum atomic E-state index is 12.1. The highest BCUT2D eigenvalue weighted by atomic mass is 35.5. The van der Waals surface area contributed by atoms with Gasteiger partial charge in [-0.05, 0) is 37.0 Å². The molecule has 0 bridgehead atoms. The van der Waals surface area contributed by atoms with E-state index in [0.29, 0.717) is 26.1 Å². The predicted molar refractivity (Wildman–Crippen MR) is 91.7 cm³/mol. The Hall–Kier alpha value is -1.63. The van der Waals surface area contributed by atoms with Gasteiger partial charge in [-0.2, -0.15) is 0 Å². The quantitative estimate of drug-likeness (QED) is 0.751. The van der Waals surface area contributed by atoms with Gasteiger partial charge in [-0.3, -0.25) is 9.59 Å². The number of carbonyl (C=O) groups is 2. The fourth-order valence-corrected chi connectivity index (χ4v) is 2.37. The minimum absolute atomic E-state index is 0. The third-order valence-electron chi connectivity index (χ3n) is 3.87. The van der Waals surface area contributed by atoms with E-state index >= 15 is 0 Å². The van der Waals surface area contributed by atoms with Crippen LogP contribution < -0.4 is 16.4 Å². The van der Waals surface area contributed by atoms with Gasteiger partial charge >= 0.3 is 0 Å². The monoisotopic (exact) mass is 341 g/mol. The van der Waals surface area contributed by atoms with E-state index in [0.717, 1.165) is 17.7 Å². The van der Waals surface area contributed by atoms with Gasteiger partial charge in [0.1, 0.15) is 0 Å². The average molecular weight is 342 g/mol. The summed E-state index contributed by atoms with van der Waals surface area (Å²) < 4.78 is 5.20. The molecule has 23 heavy (non-hydrogen) atoms. The number of carbonyl (C=O) groups excluding carboxylic acids is 2. The van der Waals surface area contributed by atoms with Crippen LogP contribution in [-0.2, 0) is 20.7 Å². The summed E-state index contributed by atoms with van der Waals surface area (Å²) in [5, 5.41) is 5.38. The molecule has 2 rings (SSSR count). The molecule has 1 aromatic carbocycles. The Bertz CT molecular complexity index is 545. The Balaban J connectivity index is 0.00000264. The number of ether oxygens (including phenoxy) is 1. The summed E-state index contributed by atoms with van der Waals surface area (Å²) in [4.78, 5) is 24.0. The van der Waals surface area contributed by atoms with Gasteiger partial charge in [0.15, 0.2) is 0 Å². The highest BCUT2D eigenvalue weighted by Gasteiger charge is 2.35. The van der Waals surface area contributed by atoms with Gasteiger partial charge in [-0.25, -0.2) is 0 Å². The summed E-state index contributed by atoms with van der Waals surface area (Å²) in [5.41, 5.74) is 7.00. The van der Waals surface area contributed by atoms with E-state index in [9.17, 15) is 9.59 Å². The van der Waals surface area contributed by atoms with E-state index < -0.39 is 5.54 Å². The molecule has 1 fully saturated rings. The molecule has 7 heteroatoms. The van der Waals surface area contributed by atoms with Gasteiger partial charge in [-0.15, -0.1) is 12.4 Å². The number of anilines is 1. The number of nitrogens with one attached hydrogen (secondary N) is 2. The lowest BCUT2D eigenvalue weighted by atomic mass is 9.90. The van der Waals surface area contributed by atoms with Crippen molar-refractivity contribution in [3.8, 4) is 0 Å². The Morgan fingerprint density at radius 2 is 2.00 bits per heavy atom. The highest BCUT2D eigenvalue weighted by molar-refractivity contribution is 5.96. The van der Waals surface area contributed by atoms with E-state index in [-0.39, 0.29) is 30.8 Å². The van der Waals surface area contributed by atoms with Crippen LogP contribution in [0, 0.1) is 0 Å². The van der Waals surface area contributed by atoms with Gasteiger partial charge in [0.05, 0.1) is 12.1 Å². The van der Waals surface area contributed by atoms with Crippen molar-refractivity contribution < 1.29 is 14.3 Å². The summed E-state index contributed by atoms with van der Waals surface area (Å²) in [6, 6.07) is 7.63. The van der Waals surface area contributed by atoms with Crippen LogP contribution in [0.4, 0.5) is 5.69 Å². The summed E-state index contributed by atoms with van der Waals surface area (Å²) in [6.45, 7) is 2.91. The van der Waals surface area contributed by atoms with Gasteiger partial charge in [0.25, 0.3) is 0 Å². The fraction of sp³-hybridized carbons (Fsp3) is 0.500. The molecule has 0 aromatic heterocycles. The molecule has 1 aliphatic rings. The van der Waals surface area contributed by atoms with Crippen molar-refractivity contribution in [3.63, 3.8) is 0 Å². The molecule has 0 unspecified atom stereocenters. The van der Waals surface area contributed by atoms with Crippen LogP contribution in [0.5, 0.6) is 0 Å². The number of aryl methyl sites for hydroxylation is 1. The van der Waals surface area contributed by atoms with Crippen molar-refractivity contribution in [1.82, 2.24) is 5.32 Å². The molecule has 1 heterocycles. The molecule has 0 spiro atoms. The number of rotatable bonds is 5. The summed E-state index contributed by atoms with van der Waals surface area (Å²) in [7, 11) is 0. The highest BCUT2D eigenvalue weighted by Crippen LogP contribution is 2.17. The Morgan fingerprint density at radius 3 is 2.65 bits per heavy atom. The molecular formula is C16H24ClN3O3. The standard InChI is InChI=1S/C16H23N3O3.ClH/c1-2-12-4-3-5-13(10-12)19-14(20)11-18-15(21)16(17)6-8-22-9-7-16;/h3-5,10H,2,6-9,11,17H2,1H3,(H,18,21)(H,19,20);1H. The van der Waals surface area contributed by atoms with Gasteiger partial charge in [0, 0.05) is 18.9 Å². The molecule has 0 radical (unpaired) electrons. The normalized spacial score (nSPS) is 16.1. The van der Waals surface area contributed by atoms with E-state index in [4.69, 9.17) is 10.5 Å². The topological polar surface area (TPSA) is 93.5 Å². The molecule has 1 aromatic rings. The lowest BCUT2D eigenvalue weighted by Gasteiger charge is -2.31. The lowest BCUT2D eigenvalue weighted by Crippen LogP contribution is -2.57. The minimum atomic E-state index is -0.930. The molecule has 0 atom stereocenters. The first-order valence-corrected chi connectivity index (χ1v) is 7.57. The molecule has 2 amide bonds. The van der Waals surface area contributed by atoms with E-state index in [1.165, 1.54) is 0 Å². The van der Waals surface area contributed by atoms with Crippen LogP contribution in [0.2, 0.25) is 0 Å². The first kappa shape index (κ1) is 19.4. The van der Waals surface area contributed by atoms with Crippen molar-refractivity contribution in [3.05, 3.63) is 29.8 Å². The van der Waals surface area contributed by atoms with Crippen LogP contribution in [0.15, 0.2) is 24.3 Å². The number of amides is 2. The lowest BCUT2D eigenvalue weighted by molar-refractivity contribution is -0.131. The maximum absolute atomic E-state index is 12.1. The van der Waals surface area contributed by atoms with Crippen LogP contribution >= 0.6 is 12.4 Å². The molecule has 0 aliphatic carbocycles. The van der Waals surface area contributed by atoms with Crippen LogP contribution in [-0.4, -0.2) is 37.1 Å². The first-order chi connectivity index (χ1) is 10.5. The van der Waals surface area contributed by atoms with E-state index in [1.807, 2.05) is 24.3 Å². The fourth-order valence-electron chi connectivity index (χ4n) is 2.37. The van der Waals surface area contributed by atoms with Gasteiger partial charge in [0.2, 0.25) is 11.8 Å². The van der Waals surface area contributed by atoms with Crippen molar-refractivity contribution in [1.29, 1.82) is 0 Å². The second kappa shape index (κ2) is 8.86. The van der Waals surface area contributed by atoms with Crippen molar-refractivity contribution in [2.75, 3.05) is 25.1 Å². The van der Waals surface area contributed by atoms with Gasteiger partial charge < -0.3 is 21.1 Å². The van der Waals surface area contributed by atoms with Crippen molar-refractivity contribution >= 4 is 29.9 Å². The van der Waals surface area contributed by atoms with Crippen molar-refractivity contribution in [2.45, 2.75) is 31.7 Å². The van der Waals surface area contributed by atoms with Crippen LogP contribution in [0.25, 0.3) is 0 Å². The van der Waals surface area contributed by atoms with E-state index in [1.54, 1.807) is 0 Å². The SMILES string of the molecule is CCc1cccc(NC(=O)CNC(=O)C2(N)CCOCC2)c1.Cl. The zero-order valence-electron chi connectivity index (χ0n) is 13.3. The Labute approximate surface area is 142 Å². The summed E-state index contributed by atoms with van der Waals surface area (Å²) in [6.07, 6.45) is 1.84. The Kier molecular flexibility index (Phi) is 7.48. The predicted octanol–water partition coefficient (Wildman–Crippen LogP) is 1.23. The minimum Gasteiger partial charge on any atom is -0.381 e. The second-order valence-electron chi connectivity index (χ2n) is 5.55. The third kappa shape index (κ3) is 5.49. The van der Waals surface area contributed by atoms with Crippen LogP contribution in [0.3, 0.4) is 0 Å². The molecule has 0 saturated carbocycles. The second-order valence-corrected chi connectivity index (χ2v) is 5.55. The van der Waals surface area contributed by atoms with Crippen molar-refractivity contribution in [2.24, 2.45) is 5.73 Å². The van der Waals surface area contributed by atoms with Crippen LogP contribution in [0.1, 0.15) is 25.3 Å². The number of benzene rings is 1. The summed E-state index contributed by atoms with van der Waals surface area (Å²) >= 11 is 0. The average Bonchev–Trinajstić information content (AvgIpc) is 2.53. The molecule has 4 N–H and O–H groups in total. The number of hydrogen-bond donors (Lipinski definition) is 3. The van der Waals surface area contributed by atoms with E-state index in [2.05, 4.69) is 17.6 Å². The maximum Gasteiger partial charge on any atom is 0.243 e. The molecule has 1 aliphatic heterocycles. The first-order valence-electron chi connectivity index (χ1n) is 7.57. The number of halogens is 1. The molecule has 6 nitrogen and oxygen atoms in total. The zero-order chi connectivity index (χ0) is 16.0. The largest absolute Gasteiger partial charge is 0.381 e. The number of nitrogens with two attached hydrogens (primary N) is 1. The molecule has 128 valence electrons. The zero-order valence-corrected chi connectivity index (χ0v) is 14.1. The summed E-state index contributed by atoms with van der Waals surface area (Å²) in [5.74, 6) is -0.564. The molecule has 1 saturated heterocycles. The smallest absolute Gasteiger partial charge is 0.243 e. The van der Waals surface area contributed by atoms with Gasteiger partial charge in [-0.1, -0.05) is 19.1 Å². The molecular weight excluding hydrogens is 318 g/mol. The number of hydrogen-bond acceptors (Lipinski definition) is 4. The Morgan fingerprint density at radius 1 is 1.30 bits per heavy atom.